The zero-order valence-corrected chi connectivity index (χ0v) is 14.1. The van der Waals surface area contributed by atoms with Crippen LogP contribution in [0, 0.1) is 13.8 Å². The van der Waals surface area contributed by atoms with Crippen LogP contribution >= 0.6 is 11.3 Å². The molecule has 0 aliphatic rings. The summed E-state index contributed by atoms with van der Waals surface area (Å²) in [4.78, 5) is 24.9. The van der Waals surface area contributed by atoms with Crippen molar-refractivity contribution in [3.63, 3.8) is 0 Å². The van der Waals surface area contributed by atoms with Gasteiger partial charge in [0.2, 0.25) is 0 Å². The number of thiophene rings is 1. The number of carbonyl (C=O) groups is 2. The molecule has 122 valence electrons. The summed E-state index contributed by atoms with van der Waals surface area (Å²) in [6, 6.07) is 12.5. The van der Waals surface area contributed by atoms with Crippen molar-refractivity contribution in [2.75, 3.05) is 10.6 Å². The number of benzene rings is 1. The minimum Gasteiger partial charge on any atom is -0.459 e. The van der Waals surface area contributed by atoms with Crippen LogP contribution in [0.4, 0.5) is 10.7 Å². The zero-order valence-electron chi connectivity index (χ0n) is 13.3. The zero-order chi connectivity index (χ0) is 17.1. The molecule has 0 saturated heterocycles. The highest BCUT2D eigenvalue weighted by atomic mass is 32.1. The van der Waals surface area contributed by atoms with Gasteiger partial charge < -0.3 is 15.1 Å². The van der Waals surface area contributed by atoms with E-state index in [9.17, 15) is 9.59 Å². The van der Waals surface area contributed by atoms with Crippen molar-refractivity contribution in [3.05, 3.63) is 70.5 Å². The van der Waals surface area contributed by atoms with Gasteiger partial charge in [-0.3, -0.25) is 9.59 Å². The van der Waals surface area contributed by atoms with Crippen LogP contribution in [0.15, 0.2) is 53.1 Å². The standard InChI is InChI=1S/C18H16N2O3S/c1-11-5-3-6-12(2)16(11)20-18(22)14-8-9-15(24-14)19-17(21)13-7-4-10-23-13/h3-10H,1-2H3,(H,19,21)(H,20,22). The Kier molecular flexibility index (Phi) is 4.48. The van der Waals surface area contributed by atoms with Gasteiger partial charge in [-0.15, -0.1) is 11.3 Å². The Labute approximate surface area is 143 Å². The second kappa shape index (κ2) is 6.72. The van der Waals surface area contributed by atoms with Gasteiger partial charge in [0.05, 0.1) is 16.1 Å². The third-order valence-electron chi connectivity index (χ3n) is 3.53. The third kappa shape index (κ3) is 3.38. The van der Waals surface area contributed by atoms with E-state index < -0.39 is 0 Å². The first kappa shape index (κ1) is 16.0. The molecule has 2 N–H and O–H groups in total. The van der Waals surface area contributed by atoms with Gasteiger partial charge in [-0.25, -0.2) is 0 Å². The van der Waals surface area contributed by atoms with Crippen molar-refractivity contribution in [3.8, 4) is 0 Å². The second-order valence-electron chi connectivity index (χ2n) is 5.32. The van der Waals surface area contributed by atoms with Crippen LogP contribution < -0.4 is 10.6 Å². The van der Waals surface area contributed by atoms with E-state index >= 15 is 0 Å². The fraction of sp³-hybridized carbons (Fsp3) is 0.111. The second-order valence-corrected chi connectivity index (χ2v) is 6.40. The number of rotatable bonds is 4. The number of furan rings is 1. The van der Waals surface area contributed by atoms with Gasteiger partial charge in [0.25, 0.3) is 11.8 Å². The van der Waals surface area contributed by atoms with Gasteiger partial charge in [0.1, 0.15) is 0 Å². The lowest BCUT2D eigenvalue weighted by Crippen LogP contribution is -2.12. The highest BCUT2D eigenvalue weighted by molar-refractivity contribution is 7.18. The maximum absolute atomic E-state index is 12.4. The SMILES string of the molecule is Cc1cccc(C)c1NC(=O)c1ccc(NC(=O)c2ccco2)s1. The average Bonchev–Trinajstić information content (AvgIpc) is 3.22. The third-order valence-corrected chi connectivity index (χ3v) is 4.53. The molecule has 3 rings (SSSR count). The number of hydrogen-bond donors (Lipinski definition) is 2. The van der Waals surface area contributed by atoms with Crippen LogP contribution in [0.5, 0.6) is 0 Å². The van der Waals surface area contributed by atoms with E-state index in [0.717, 1.165) is 16.8 Å². The number of hydrogen-bond acceptors (Lipinski definition) is 4. The highest BCUT2D eigenvalue weighted by Crippen LogP contribution is 2.25. The Morgan fingerprint density at radius 2 is 1.67 bits per heavy atom. The monoisotopic (exact) mass is 340 g/mol. The summed E-state index contributed by atoms with van der Waals surface area (Å²) in [7, 11) is 0. The first-order chi connectivity index (χ1) is 11.5. The molecule has 0 bridgehead atoms. The van der Waals surface area contributed by atoms with Gasteiger partial charge in [-0.05, 0) is 49.2 Å². The summed E-state index contributed by atoms with van der Waals surface area (Å²) >= 11 is 1.21. The van der Waals surface area contributed by atoms with E-state index in [-0.39, 0.29) is 17.6 Å². The van der Waals surface area contributed by atoms with Crippen molar-refractivity contribution in [2.45, 2.75) is 13.8 Å². The molecule has 3 aromatic rings. The lowest BCUT2D eigenvalue weighted by Gasteiger charge is -2.10. The summed E-state index contributed by atoms with van der Waals surface area (Å²) in [5.41, 5.74) is 2.83. The smallest absolute Gasteiger partial charge is 0.291 e. The number of amides is 2. The van der Waals surface area contributed by atoms with Gasteiger partial charge in [0.15, 0.2) is 5.76 Å². The summed E-state index contributed by atoms with van der Waals surface area (Å²) < 4.78 is 5.04. The van der Waals surface area contributed by atoms with Crippen molar-refractivity contribution >= 4 is 33.8 Å². The summed E-state index contributed by atoms with van der Waals surface area (Å²) in [5.74, 6) is -0.315. The molecule has 2 aromatic heterocycles. The normalized spacial score (nSPS) is 10.4. The van der Waals surface area contributed by atoms with Gasteiger partial charge >= 0.3 is 0 Å². The van der Waals surface area contributed by atoms with Crippen LogP contribution in [0.2, 0.25) is 0 Å². The molecule has 0 aliphatic carbocycles. The maximum Gasteiger partial charge on any atom is 0.291 e. The van der Waals surface area contributed by atoms with E-state index in [2.05, 4.69) is 10.6 Å². The van der Waals surface area contributed by atoms with Crippen LogP contribution in [-0.2, 0) is 0 Å². The van der Waals surface area contributed by atoms with Gasteiger partial charge in [-0.1, -0.05) is 18.2 Å². The molecule has 0 fully saturated rings. The minimum absolute atomic E-state index is 0.198. The molecule has 0 radical (unpaired) electrons. The van der Waals surface area contributed by atoms with Crippen LogP contribution in [0.1, 0.15) is 31.4 Å². The Morgan fingerprint density at radius 3 is 2.33 bits per heavy atom. The van der Waals surface area contributed by atoms with E-state index in [4.69, 9.17) is 4.42 Å². The Balaban J connectivity index is 1.71. The van der Waals surface area contributed by atoms with Gasteiger partial charge in [-0.2, -0.15) is 0 Å². The van der Waals surface area contributed by atoms with E-state index in [1.54, 1.807) is 24.3 Å². The quantitative estimate of drug-likeness (QED) is 0.736. The summed E-state index contributed by atoms with van der Waals surface area (Å²) in [6.45, 7) is 3.90. The lowest BCUT2D eigenvalue weighted by atomic mass is 10.1. The van der Waals surface area contributed by atoms with Crippen molar-refractivity contribution in [1.29, 1.82) is 0 Å². The molecule has 5 nitrogen and oxygen atoms in total. The largest absolute Gasteiger partial charge is 0.459 e. The molecule has 24 heavy (non-hydrogen) atoms. The van der Waals surface area contributed by atoms with Crippen molar-refractivity contribution < 1.29 is 14.0 Å². The maximum atomic E-state index is 12.4. The molecule has 1 aromatic carbocycles. The average molecular weight is 340 g/mol. The van der Waals surface area contributed by atoms with E-state index in [1.165, 1.54) is 17.6 Å². The highest BCUT2D eigenvalue weighted by Gasteiger charge is 2.14. The predicted molar refractivity (Wildman–Crippen MR) is 94.8 cm³/mol. The molecule has 0 atom stereocenters. The molecule has 2 heterocycles. The predicted octanol–water partition coefficient (Wildman–Crippen LogP) is 4.46. The molecule has 0 spiro atoms. The van der Waals surface area contributed by atoms with E-state index in [0.29, 0.717) is 9.88 Å². The Bertz CT molecular complexity index is 861. The first-order valence-electron chi connectivity index (χ1n) is 7.37. The fourth-order valence-corrected chi connectivity index (χ4v) is 3.09. The molecule has 0 unspecified atom stereocenters. The number of anilines is 2. The molecular weight excluding hydrogens is 324 g/mol. The number of carbonyl (C=O) groups excluding carboxylic acids is 2. The fourth-order valence-electron chi connectivity index (χ4n) is 2.30. The minimum atomic E-state index is -0.344. The molecule has 0 aliphatic heterocycles. The first-order valence-corrected chi connectivity index (χ1v) is 8.18. The van der Waals surface area contributed by atoms with E-state index in [1.807, 2.05) is 32.0 Å². The molecule has 0 saturated carbocycles. The van der Waals surface area contributed by atoms with Crippen molar-refractivity contribution in [1.82, 2.24) is 0 Å². The Hall–Kier alpha value is -2.86. The molecule has 6 heteroatoms. The Morgan fingerprint density at radius 1 is 0.917 bits per heavy atom. The number of aryl methyl sites for hydroxylation is 2. The number of nitrogens with one attached hydrogen (secondary N) is 2. The van der Waals surface area contributed by atoms with Crippen LogP contribution in [0.25, 0.3) is 0 Å². The topological polar surface area (TPSA) is 71.3 Å². The summed E-state index contributed by atoms with van der Waals surface area (Å²) in [5, 5.41) is 6.23. The van der Waals surface area contributed by atoms with Gasteiger partial charge in [0, 0.05) is 5.69 Å². The number of para-hydroxylation sites is 1. The van der Waals surface area contributed by atoms with Crippen LogP contribution in [-0.4, -0.2) is 11.8 Å². The summed E-state index contributed by atoms with van der Waals surface area (Å²) in [6.07, 6.45) is 1.44. The lowest BCUT2D eigenvalue weighted by molar-refractivity contribution is 0.0995. The van der Waals surface area contributed by atoms with Crippen molar-refractivity contribution in [2.24, 2.45) is 0 Å². The molecule has 2 amide bonds. The van der Waals surface area contributed by atoms with Crippen LogP contribution in [0.3, 0.4) is 0 Å². The molecular formula is C18H16N2O3S.